The fourth-order valence-corrected chi connectivity index (χ4v) is 1.93. The van der Waals surface area contributed by atoms with Gasteiger partial charge in [0.15, 0.2) is 0 Å². The summed E-state index contributed by atoms with van der Waals surface area (Å²) < 4.78 is 10.6. The van der Waals surface area contributed by atoms with E-state index in [2.05, 4.69) is 5.32 Å². The average molecular weight is 261 g/mol. The molecular formula is C15H19NO3. The molecule has 0 radical (unpaired) electrons. The summed E-state index contributed by atoms with van der Waals surface area (Å²) >= 11 is 0. The van der Waals surface area contributed by atoms with Gasteiger partial charge in [0, 0.05) is 18.2 Å². The van der Waals surface area contributed by atoms with Crippen molar-refractivity contribution in [1.82, 2.24) is 0 Å². The van der Waals surface area contributed by atoms with E-state index in [0.717, 1.165) is 17.2 Å². The maximum atomic E-state index is 9.36. The second kappa shape index (κ2) is 6.29. The fourth-order valence-electron chi connectivity index (χ4n) is 1.93. The van der Waals surface area contributed by atoms with Crippen molar-refractivity contribution in [3.8, 4) is 5.75 Å². The van der Waals surface area contributed by atoms with Gasteiger partial charge in [-0.3, -0.25) is 0 Å². The standard InChI is InChI=1S/C15H19NO3/c1-11(10-17)15(14-4-3-9-19-14)16-12-5-7-13(18-2)8-6-12/h3-9,11,15-17H,10H2,1-2H3. The summed E-state index contributed by atoms with van der Waals surface area (Å²) in [7, 11) is 1.64. The first-order chi connectivity index (χ1) is 9.24. The third-order valence-electron chi connectivity index (χ3n) is 3.12. The van der Waals surface area contributed by atoms with Gasteiger partial charge in [-0.15, -0.1) is 0 Å². The van der Waals surface area contributed by atoms with Gasteiger partial charge >= 0.3 is 0 Å². The lowest BCUT2D eigenvalue weighted by molar-refractivity contribution is 0.214. The van der Waals surface area contributed by atoms with E-state index in [1.54, 1.807) is 13.4 Å². The van der Waals surface area contributed by atoms with Crippen LogP contribution in [0.2, 0.25) is 0 Å². The molecule has 0 aliphatic rings. The van der Waals surface area contributed by atoms with Crippen molar-refractivity contribution in [3.63, 3.8) is 0 Å². The molecule has 0 spiro atoms. The van der Waals surface area contributed by atoms with Crippen molar-refractivity contribution in [1.29, 1.82) is 0 Å². The zero-order chi connectivity index (χ0) is 13.7. The Morgan fingerprint density at radius 3 is 2.53 bits per heavy atom. The number of furan rings is 1. The minimum atomic E-state index is -0.0617. The van der Waals surface area contributed by atoms with Gasteiger partial charge in [0.25, 0.3) is 0 Å². The third-order valence-corrected chi connectivity index (χ3v) is 3.12. The van der Waals surface area contributed by atoms with E-state index in [9.17, 15) is 5.11 Å². The molecule has 2 atom stereocenters. The first kappa shape index (κ1) is 13.5. The smallest absolute Gasteiger partial charge is 0.126 e. The molecule has 2 aromatic rings. The highest BCUT2D eigenvalue weighted by Gasteiger charge is 2.21. The van der Waals surface area contributed by atoms with Crippen LogP contribution in [0.3, 0.4) is 0 Å². The van der Waals surface area contributed by atoms with Gasteiger partial charge in [0.1, 0.15) is 11.5 Å². The van der Waals surface area contributed by atoms with E-state index < -0.39 is 0 Å². The molecule has 1 aromatic heterocycles. The summed E-state index contributed by atoms with van der Waals surface area (Å²) in [6, 6.07) is 11.4. The topological polar surface area (TPSA) is 54.6 Å². The molecule has 4 nitrogen and oxygen atoms in total. The average Bonchev–Trinajstić information content (AvgIpc) is 2.98. The molecule has 1 aromatic carbocycles. The zero-order valence-corrected chi connectivity index (χ0v) is 11.2. The van der Waals surface area contributed by atoms with E-state index in [-0.39, 0.29) is 18.6 Å². The third kappa shape index (κ3) is 3.29. The molecule has 0 aliphatic carbocycles. The Balaban J connectivity index is 2.15. The zero-order valence-electron chi connectivity index (χ0n) is 11.2. The second-order valence-corrected chi connectivity index (χ2v) is 4.53. The van der Waals surface area contributed by atoms with Crippen LogP contribution < -0.4 is 10.1 Å². The summed E-state index contributed by atoms with van der Waals surface area (Å²) in [5.41, 5.74) is 0.961. The molecule has 0 saturated carbocycles. The fraction of sp³-hybridized carbons (Fsp3) is 0.333. The molecule has 0 saturated heterocycles. The van der Waals surface area contributed by atoms with Crippen LogP contribution in [0.1, 0.15) is 18.7 Å². The molecule has 0 aliphatic heterocycles. The largest absolute Gasteiger partial charge is 0.497 e. The van der Waals surface area contributed by atoms with Crippen LogP contribution >= 0.6 is 0 Å². The monoisotopic (exact) mass is 261 g/mol. The van der Waals surface area contributed by atoms with Crippen molar-refractivity contribution in [2.45, 2.75) is 13.0 Å². The first-order valence-corrected chi connectivity index (χ1v) is 6.29. The lowest BCUT2D eigenvalue weighted by Gasteiger charge is -2.23. The van der Waals surface area contributed by atoms with Crippen molar-refractivity contribution in [2.24, 2.45) is 5.92 Å². The van der Waals surface area contributed by atoms with E-state index in [1.807, 2.05) is 43.3 Å². The predicted molar refractivity (Wildman–Crippen MR) is 74.3 cm³/mol. The molecule has 2 N–H and O–H groups in total. The van der Waals surface area contributed by atoms with E-state index in [0.29, 0.717) is 0 Å². The number of benzene rings is 1. The summed E-state index contributed by atoms with van der Waals surface area (Å²) in [5, 5.41) is 12.7. The molecule has 0 amide bonds. The first-order valence-electron chi connectivity index (χ1n) is 6.29. The number of anilines is 1. The molecule has 1 heterocycles. The molecule has 2 unspecified atom stereocenters. The number of nitrogens with one attached hydrogen (secondary N) is 1. The normalized spacial score (nSPS) is 13.8. The number of rotatable bonds is 6. The minimum absolute atomic E-state index is 0.0493. The number of methoxy groups -OCH3 is 1. The van der Waals surface area contributed by atoms with Crippen LogP contribution in [0.5, 0.6) is 5.75 Å². The van der Waals surface area contributed by atoms with Gasteiger partial charge in [-0.05, 0) is 36.4 Å². The van der Waals surface area contributed by atoms with E-state index >= 15 is 0 Å². The predicted octanol–water partition coefficient (Wildman–Crippen LogP) is 3.07. The Morgan fingerprint density at radius 1 is 1.26 bits per heavy atom. The minimum Gasteiger partial charge on any atom is -0.497 e. The molecular weight excluding hydrogens is 242 g/mol. The van der Waals surface area contributed by atoms with Gasteiger partial charge in [-0.2, -0.15) is 0 Å². The van der Waals surface area contributed by atoms with Crippen LogP contribution in [0.4, 0.5) is 5.69 Å². The van der Waals surface area contributed by atoms with Gasteiger partial charge < -0.3 is 19.6 Å². The maximum absolute atomic E-state index is 9.36. The summed E-state index contributed by atoms with van der Waals surface area (Å²) in [5.74, 6) is 1.68. The van der Waals surface area contributed by atoms with Crippen LogP contribution in [-0.2, 0) is 0 Å². The van der Waals surface area contributed by atoms with Crippen LogP contribution in [-0.4, -0.2) is 18.8 Å². The van der Waals surface area contributed by atoms with Crippen LogP contribution in [0.15, 0.2) is 47.1 Å². The van der Waals surface area contributed by atoms with Gasteiger partial charge in [-0.1, -0.05) is 6.92 Å². The van der Waals surface area contributed by atoms with Crippen LogP contribution in [0.25, 0.3) is 0 Å². The van der Waals surface area contributed by atoms with Crippen LogP contribution in [0, 0.1) is 5.92 Å². The highest BCUT2D eigenvalue weighted by atomic mass is 16.5. The number of aliphatic hydroxyl groups excluding tert-OH is 1. The van der Waals surface area contributed by atoms with E-state index in [1.165, 1.54) is 0 Å². The van der Waals surface area contributed by atoms with Crippen molar-refractivity contribution in [3.05, 3.63) is 48.4 Å². The quantitative estimate of drug-likeness (QED) is 0.839. The lowest BCUT2D eigenvalue weighted by atomic mass is 10.00. The Morgan fingerprint density at radius 2 is 2.00 bits per heavy atom. The number of hydrogen-bond donors (Lipinski definition) is 2. The molecule has 2 rings (SSSR count). The Kier molecular flexibility index (Phi) is 4.47. The van der Waals surface area contributed by atoms with Gasteiger partial charge in [0.2, 0.25) is 0 Å². The number of aliphatic hydroxyl groups is 1. The van der Waals surface area contributed by atoms with Gasteiger partial charge in [0.05, 0.1) is 19.4 Å². The Labute approximate surface area is 113 Å². The van der Waals surface area contributed by atoms with Gasteiger partial charge in [-0.25, -0.2) is 0 Å². The Bertz CT molecular complexity index is 479. The summed E-state index contributed by atoms with van der Waals surface area (Å²) in [6.45, 7) is 2.07. The summed E-state index contributed by atoms with van der Waals surface area (Å²) in [4.78, 5) is 0. The second-order valence-electron chi connectivity index (χ2n) is 4.53. The molecule has 4 heteroatoms. The Hall–Kier alpha value is -1.94. The number of ether oxygens (including phenoxy) is 1. The molecule has 19 heavy (non-hydrogen) atoms. The van der Waals surface area contributed by atoms with E-state index in [4.69, 9.17) is 9.15 Å². The lowest BCUT2D eigenvalue weighted by Crippen LogP contribution is -2.21. The summed E-state index contributed by atoms with van der Waals surface area (Å²) in [6.07, 6.45) is 1.64. The highest BCUT2D eigenvalue weighted by molar-refractivity contribution is 5.47. The number of hydrogen-bond acceptors (Lipinski definition) is 4. The molecule has 0 bridgehead atoms. The SMILES string of the molecule is COc1ccc(NC(c2ccco2)C(C)CO)cc1. The molecule has 0 fully saturated rings. The van der Waals surface area contributed by atoms with Crippen molar-refractivity contribution in [2.75, 3.05) is 19.0 Å². The maximum Gasteiger partial charge on any atom is 0.126 e. The highest BCUT2D eigenvalue weighted by Crippen LogP contribution is 2.27. The van der Waals surface area contributed by atoms with Crippen molar-refractivity contribution < 1.29 is 14.3 Å². The van der Waals surface area contributed by atoms with Crippen molar-refractivity contribution >= 4 is 5.69 Å². The molecule has 102 valence electrons.